The average molecular weight is 297 g/mol. The van der Waals surface area contributed by atoms with Gasteiger partial charge in [0.1, 0.15) is 12.4 Å². The molecule has 0 radical (unpaired) electrons. The van der Waals surface area contributed by atoms with Gasteiger partial charge < -0.3 is 9.47 Å². The number of methoxy groups -OCH3 is 1. The van der Waals surface area contributed by atoms with Crippen molar-refractivity contribution in [3.05, 3.63) is 47.8 Å². The van der Waals surface area contributed by atoms with E-state index in [4.69, 9.17) is 9.47 Å². The maximum atomic E-state index is 11.1. The zero-order valence-corrected chi connectivity index (χ0v) is 12.3. The van der Waals surface area contributed by atoms with Crippen LogP contribution in [0.5, 0.6) is 11.6 Å². The molecule has 22 heavy (non-hydrogen) atoms. The van der Waals surface area contributed by atoms with Gasteiger partial charge in [0.15, 0.2) is 6.29 Å². The van der Waals surface area contributed by atoms with Crippen molar-refractivity contribution in [1.29, 1.82) is 0 Å². The number of carbonyl (C=O) groups is 1. The summed E-state index contributed by atoms with van der Waals surface area (Å²) in [6, 6.07) is 7.47. The number of aldehydes is 1. The lowest BCUT2D eigenvalue weighted by molar-refractivity contribution is 0.111. The number of nitrogens with zero attached hydrogens (tertiary/aromatic N) is 3. The Hall–Kier alpha value is -2.89. The molecule has 3 aromatic rings. The van der Waals surface area contributed by atoms with Crippen molar-refractivity contribution in [3.63, 3.8) is 0 Å². The predicted octanol–water partition coefficient (Wildman–Crippen LogP) is 2.37. The van der Waals surface area contributed by atoms with Gasteiger partial charge in [0.05, 0.1) is 30.6 Å². The number of pyridine rings is 1. The molecule has 0 aliphatic heterocycles. The molecule has 0 unspecified atom stereocenters. The van der Waals surface area contributed by atoms with E-state index >= 15 is 0 Å². The Kier molecular flexibility index (Phi) is 3.74. The van der Waals surface area contributed by atoms with Gasteiger partial charge in [0.2, 0.25) is 5.88 Å². The Labute approximate surface area is 127 Å². The fraction of sp³-hybridized carbons (Fsp3) is 0.188. The maximum absolute atomic E-state index is 11.1. The van der Waals surface area contributed by atoms with Gasteiger partial charge in [-0.15, -0.1) is 0 Å². The monoisotopic (exact) mass is 297 g/mol. The minimum Gasteiger partial charge on any atom is -0.487 e. The summed E-state index contributed by atoms with van der Waals surface area (Å²) in [7, 11) is 3.39. The highest BCUT2D eigenvalue weighted by molar-refractivity contribution is 5.82. The average Bonchev–Trinajstić information content (AvgIpc) is 2.94. The van der Waals surface area contributed by atoms with Gasteiger partial charge in [-0.3, -0.25) is 9.48 Å². The van der Waals surface area contributed by atoms with E-state index in [1.165, 1.54) is 13.3 Å². The molecular weight excluding hydrogens is 282 g/mol. The minimum atomic E-state index is 0.331. The van der Waals surface area contributed by atoms with Crippen LogP contribution in [0.15, 0.2) is 36.7 Å². The molecule has 0 fully saturated rings. The highest BCUT2D eigenvalue weighted by atomic mass is 16.5. The van der Waals surface area contributed by atoms with Crippen LogP contribution in [0.1, 0.15) is 15.9 Å². The Morgan fingerprint density at radius 3 is 2.95 bits per heavy atom. The van der Waals surface area contributed by atoms with Crippen molar-refractivity contribution in [2.45, 2.75) is 6.61 Å². The molecule has 0 atom stereocenters. The first-order chi connectivity index (χ1) is 10.7. The van der Waals surface area contributed by atoms with Crippen molar-refractivity contribution >= 4 is 17.2 Å². The van der Waals surface area contributed by atoms with Crippen LogP contribution in [0, 0.1) is 0 Å². The lowest BCUT2D eigenvalue weighted by Crippen LogP contribution is -2.00. The summed E-state index contributed by atoms with van der Waals surface area (Å²) in [6.45, 7) is 0.331. The lowest BCUT2D eigenvalue weighted by Gasteiger charge is -2.10. The van der Waals surface area contributed by atoms with Crippen molar-refractivity contribution in [2.24, 2.45) is 7.05 Å². The summed E-state index contributed by atoms with van der Waals surface area (Å²) >= 11 is 0. The van der Waals surface area contributed by atoms with Crippen LogP contribution >= 0.6 is 0 Å². The van der Waals surface area contributed by atoms with Gasteiger partial charge in [-0.05, 0) is 6.07 Å². The molecule has 0 N–H and O–H groups in total. The molecular formula is C16H15N3O3. The molecule has 0 spiro atoms. The third kappa shape index (κ3) is 2.50. The summed E-state index contributed by atoms with van der Waals surface area (Å²) in [5.74, 6) is 0.806. The minimum absolute atomic E-state index is 0.331. The quantitative estimate of drug-likeness (QED) is 0.676. The molecule has 2 aromatic heterocycles. The third-order valence-electron chi connectivity index (χ3n) is 3.47. The second-order valence-corrected chi connectivity index (χ2v) is 4.79. The van der Waals surface area contributed by atoms with Crippen LogP contribution in [0.3, 0.4) is 0 Å². The molecule has 3 rings (SSSR count). The molecule has 6 nitrogen and oxygen atoms in total. The van der Waals surface area contributed by atoms with E-state index in [1.807, 2.05) is 29.9 Å². The van der Waals surface area contributed by atoms with Gasteiger partial charge in [-0.2, -0.15) is 5.10 Å². The maximum Gasteiger partial charge on any atom is 0.213 e. The van der Waals surface area contributed by atoms with E-state index < -0.39 is 0 Å². The molecule has 2 heterocycles. The Bertz CT molecular complexity index is 827. The van der Waals surface area contributed by atoms with Crippen molar-refractivity contribution < 1.29 is 14.3 Å². The van der Waals surface area contributed by atoms with E-state index in [-0.39, 0.29) is 0 Å². The number of hydrogen-bond acceptors (Lipinski definition) is 5. The predicted molar refractivity (Wildman–Crippen MR) is 81.2 cm³/mol. The topological polar surface area (TPSA) is 66.2 Å². The van der Waals surface area contributed by atoms with Crippen molar-refractivity contribution in [2.75, 3.05) is 7.11 Å². The largest absolute Gasteiger partial charge is 0.487 e. The van der Waals surface area contributed by atoms with Gasteiger partial charge >= 0.3 is 0 Å². The fourth-order valence-electron chi connectivity index (χ4n) is 2.28. The number of rotatable bonds is 5. The molecule has 0 saturated carbocycles. The molecule has 1 aromatic carbocycles. The molecule has 6 heteroatoms. The summed E-state index contributed by atoms with van der Waals surface area (Å²) in [5, 5.41) is 5.27. The van der Waals surface area contributed by atoms with E-state index in [0.717, 1.165) is 22.8 Å². The standard InChI is InChI=1S/C16H15N3O3/c1-19-14-5-3-4-11(13(14)7-18-19)10-22-15-8-17-16(21-2)6-12(15)9-20/h3-9H,10H2,1-2H3. The molecule has 0 aliphatic carbocycles. The van der Waals surface area contributed by atoms with Crippen LogP contribution in [0.4, 0.5) is 0 Å². The SMILES string of the molecule is COc1cc(C=O)c(OCc2cccc3c2cnn3C)cn1. The zero-order chi connectivity index (χ0) is 15.5. The van der Waals surface area contributed by atoms with E-state index in [2.05, 4.69) is 10.1 Å². The highest BCUT2D eigenvalue weighted by Gasteiger charge is 2.09. The zero-order valence-electron chi connectivity index (χ0n) is 12.3. The van der Waals surface area contributed by atoms with Crippen LogP contribution < -0.4 is 9.47 Å². The van der Waals surface area contributed by atoms with Gasteiger partial charge in [0.25, 0.3) is 0 Å². The number of aryl methyl sites for hydroxylation is 1. The molecule has 0 saturated heterocycles. The normalized spacial score (nSPS) is 10.6. The van der Waals surface area contributed by atoms with Crippen LogP contribution in [-0.4, -0.2) is 28.2 Å². The molecule has 0 bridgehead atoms. The first-order valence-electron chi connectivity index (χ1n) is 6.74. The third-order valence-corrected chi connectivity index (χ3v) is 3.47. The van der Waals surface area contributed by atoms with Crippen molar-refractivity contribution in [1.82, 2.24) is 14.8 Å². The Morgan fingerprint density at radius 2 is 2.18 bits per heavy atom. The lowest BCUT2D eigenvalue weighted by atomic mass is 10.1. The first kappa shape index (κ1) is 14.1. The summed E-state index contributed by atoms with van der Waals surface area (Å²) in [5.41, 5.74) is 2.44. The summed E-state index contributed by atoms with van der Waals surface area (Å²) < 4.78 is 12.6. The van der Waals surface area contributed by atoms with Crippen LogP contribution in [0.2, 0.25) is 0 Å². The smallest absolute Gasteiger partial charge is 0.213 e. The van der Waals surface area contributed by atoms with Crippen molar-refractivity contribution in [3.8, 4) is 11.6 Å². The summed E-state index contributed by atoms with van der Waals surface area (Å²) in [4.78, 5) is 15.2. The Balaban J connectivity index is 1.86. The number of ether oxygens (including phenoxy) is 2. The molecule has 0 amide bonds. The molecule has 0 aliphatic rings. The number of fused-ring (bicyclic) bond motifs is 1. The second kappa shape index (κ2) is 5.85. The summed E-state index contributed by atoms with van der Waals surface area (Å²) in [6.07, 6.45) is 4.02. The van der Waals surface area contributed by atoms with E-state index in [9.17, 15) is 4.79 Å². The Morgan fingerprint density at radius 1 is 1.32 bits per heavy atom. The molecule has 112 valence electrons. The van der Waals surface area contributed by atoms with Gasteiger partial charge in [0, 0.05) is 24.1 Å². The number of benzene rings is 1. The van der Waals surface area contributed by atoms with E-state index in [1.54, 1.807) is 12.3 Å². The van der Waals surface area contributed by atoms with Gasteiger partial charge in [-0.25, -0.2) is 4.98 Å². The first-order valence-corrected chi connectivity index (χ1v) is 6.74. The highest BCUT2D eigenvalue weighted by Crippen LogP contribution is 2.23. The van der Waals surface area contributed by atoms with Crippen LogP contribution in [-0.2, 0) is 13.7 Å². The number of aromatic nitrogens is 3. The van der Waals surface area contributed by atoms with Gasteiger partial charge in [-0.1, -0.05) is 12.1 Å². The van der Waals surface area contributed by atoms with Crippen LogP contribution in [0.25, 0.3) is 10.9 Å². The second-order valence-electron chi connectivity index (χ2n) is 4.79. The number of hydrogen-bond donors (Lipinski definition) is 0. The fourth-order valence-corrected chi connectivity index (χ4v) is 2.28. The number of carbonyl (C=O) groups excluding carboxylic acids is 1. The van der Waals surface area contributed by atoms with E-state index in [0.29, 0.717) is 23.8 Å².